The van der Waals surface area contributed by atoms with Crippen molar-refractivity contribution in [2.75, 3.05) is 5.75 Å². The first-order valence-corrected chi connectivity index (χ1v) is 7.52. The molecule has 0 nitrogen and oxygen atoms in total. The number of hydrogen-bond acceptors (Lipinski definition) is 4. The normalized spacial score (nSPS) is 10.5. The molecule has 0 bridgehead atoms. The summed E-state index contributed by atoms with van der Waals surface area (Å²) in [6.45, 7) is 4.35. The van der Waals surface area contributed by atoms with E-state index in [1.165, 1.54) is 28.4 Å². The molecule has 0 amide bonds. The van der Waals surface area contributed by atoms with Gasteiger partial charge in [-0.05, 0) is 19.1 Å². The molecule has 0 aliphatic heterocycles. The minimum absolute atomic E-state index is 1.07. The van der Waals surface area contributed by atoms with E-state index in [1.807, 2.05) is 22.1 Å². The second kappa shape index (κ2) is 5.37. The van der Waals surface area contributed by atoms with Crippen LogP contribution in [-0.4, -0.2) is 5.75 Å². The molecule has 0 N–H and O–H groups in total. The second-order valence-electron chi connectivity index (χ2n) is 2.57. The van der Waals surface area contributed by atoms with Crippen LogP contribution in [0.2, 0.25) is 0 Å². The van der Waals surface area contributed by atoms with Gasteiger partial charge in [-0.2, -0.15) is 0 Å². The summed E-state index contributed by atoms with van der Waals surface area (Å²) in [5.74, 6) is 1.24. The van der Waals surface area contributed by atoms with Crippen LogP contribution in [0.15, 0.2) is 4.21 Å². The number of unbranched alkanes of at least 4 members (excludes halogenated alkanes) is 1. The van der Waals surface area contributed by atoms with Gasteiger partial charge >= 0.3 is 0 Å². The fourth-order valence-corrected chi connectivity index (χ4v) is 5.32. The van der Waals surface area contributed by atoms with Crippen LogP contribution in [0.3, 0.4) is 0 Å². The van der Waals surface area contributed by atoms with Crippen molar-refractivity contribution in [3.8, 4) is 0 Å². The molecular formula is C8H12S4. The van der Waals surface area contributed by atoms with E-state index >= 15 is 0 Å². The largest absolute Gasteiger partial charge is 0.114 e. The lowest BCUT2D eigenvalue weighted by Gasteiger charge is -1.96. The average Bonchev–Trinajstić information content (AvgIpc) is 2.36. The Morgan fingerprint density at radius 2 is 2.17 bits per heavy atom. The van der Waals surface area contributed by atoms with Gasteiger partial charge in [-0.15, -0.1) is 11.8 Å². The topological polar surface area (TPSA) is 0 Å². The van der Waals surface area contributed by atoms with Crippen LogP contribution in [0.1, 0.15) is 25.3 Å². The molecule has 1 aromatic rings. The van der Waals surface area contributed by atoms with Gasteiger partial charge in [0.25, 0.3) is 0 Å². The summed E-state index contributed by atoms with van der Waals surface area (Å²) in [6.07, 6.45) is 2.58. The lowest BCUT2D eigenvalue weighted by Crippen LogP contribution is -1.76. The van der Waals surface area contributed by atoms with Gasteiger partial charge in [0.05, 0.1) is 4.21 Å². The molecule has 0 aliphatic carbocycles. The molecule has 0 saturated heterocycles. The Morgan fingerprint density at radius 3 is 2.67 bits per heavy atom. The molecule has 1 rings (SSSR count). The van der Waals surface area contributed by atoms with E-state index in [9.17, 15) is 0 Å². The van der Waals surface area contributed by atoms with Crippen LogP contribution >= 0.6 is 44.7 Å². The van der Waals surface area contributed by atoms with Crippen molar-refractivity contribution in [3.05, 3.63) is 9.39 Å². The van der Waals surface area contributed by atoms with Crippen LogP contribution in [0, 0.1) is 10.7 Å². The molecule has 4 heteroatoms. The van der Waals surface area contributed by atoms with Gasteiger partial charge in [0.2, 0.25) is 0 Å². The quantitative estimate of drug-likeness (QED) is 0.320. The fraction of sp³-hybridized carbons (Fsp3) is 0.625. The highest BCUT2D eigenvalue weighted by atomic mass is 32.9. The van der Waals surface area contributed by atoms with E-state index in [0.717, 1.165) is 3.82 Å². The lowest BCUT2D eigenvalue weighted by molar-refractivity contribution is 0.896. The first kappa shape index (κ1) is 10.7. The van der Waals surface area contributed by atoms with Crippen LogP contribution in [-0.2, 0) is 0 Å². The molecule has 68 valence electrons. The molecule has 0 atom stereocenters. The highest BCUT2D eigenvalue weighted by Gasteiger charge is 2.02. The van der Waals surface area contributed by atoms with Gasteiger partial charge in [0.1, 0.15) is 3.82 Å². The molecule has 0 aromatic carbocycles. The Hall–Kier alpha value is 0.620. The van der Waals surface area contributed by atoms with Crippen molar-refractivity contribution in [3.63, 3.8) is 0 Å². The van der Waals surface area contributed by atoms with Crippen LogP contribution in [0.25, 0.3) is 0 Å². The van der Waals surface area contributed by atoms with Gasteiger partial charge < -0.3 is 0 Å². The van der Waals surface area contributed by atoms with Gasteiger partial charge in [-0.3, -0.25) is 0 Å². The second-order valence-corrected chi connectivity index (χ2v) is 6.75. The zero-order valence-electron chi connectivity index (χ0n) is 7.25. The Labute approximate surface area is 90.4 Å². The van der Waals surface area contributed by atoms with E-state index in [0.29, 0.717) is 0 Å². The van der Waals surface area contributed by atoms with Crippen molar-refractivity contribution in [2.24, 2.45) is 0 Å². The van der Waals surface area contributed by atoms with Crippen molar-refractivity contribution in [1.29, 1.82) is 0 Å². The zero-order chi connectivity index (χ0) is 8.97. The summed E-state index contributed by atoms with van der Waals surface area (Å²) in [6, 6.07) is 0. The highest BCUT2D eigenvalue weighted by molar-refractivity contribution is 8.03. The van der Waals surface area contributed by atoms with E-state index in [4.69, 9.17) is 12.2 Å². The molecule has 0 aliphatic rings. The summed E-state index contributed by atoms with van der Waals surface area (Å²) >= 11 is 7.12. The molecule has 0 spiro atoms. The Bertz CT molecular complexity index is 283. The number of rotatable bonds is 4. The van der Waals surface area contributed by atoms with Crippen molar-refractivity contribution in [1.82, 2.24) is 0 Å². The molecule has 12 heavy (non-hydrogen) atoms. The molecule has 1 heterocycles. The molecule has 0 fully saturated rings. The monoisotopic (exact) mass is 236 g/mol. The SMILES string of the molecule is CCCCSc1ssc(=S)c1C. The van der Waals surface area contributed by atoms with Crippen molar-refractivity contribution in [2.45, 2.75) is 30.9 Å². The summed E-state index contributed by atoms with van der Waals surface area (Å²) in [5, 5.41) is 0. The maximum atomic E-state index is 5.17. The third-order valence-electron chi connectivity index (χ3n) is 1.54. The third-order valence-corrected chi connectivity index (χ3v) is 6.64. The Balaban J connectivity index is 2.52. The maximum absolute atomic E-state index is 5.17. The summed E-state index contributed by atoms with van der Waals surface area (Å²) in [4.78, 5) is 0. The molecular weight excluding hydrogens is 224 g/mol. The first-order chi connectivity index (χ1) is 5.75. The Morgan fingerprint density at radius 1 is 1.42 bits per heavy atom. The standard InChI is InChI=1S/C8H12S4/c1-3-4-5-10-8-6(2)7(9)11-12-8/h3-5H2,1-2H3. The number of hydrogen-bond donors (Lipinski definition) is 0. The Kier molecular flexibility index (Phi) is 4.79. The minimum Gasteiger partial charge on any atom is -0.114 e. The molecule has 0 radical (unpaired) electrons. The van der Waals surface area contributed by atoms with Gasteiger partial charge in [-0.25, -0.2) is 0 Å². The van der Waals surface area contributed by atoms with Crippen LogP contribution in [0.5, 0.6) is 0 Å². The van der Waals surface area contributed by atoms with Gasteiger partial charge in [0, 0.05) is 5.56 Å². The van der Waals surface area contributed by atoms with Crippen LogP contribution < -0.4 is 0 Å². The van der Waals surface area contributed by atoms with E-state index in [2.05, 4.69) is 13.8 Å². The predicted molar refractivity (Wildman–Crippen MR) is 63.4 cm³/mol. The van der Waals surface area contributed by atoms with Crippen LogP contribution in [0.4, 0.5) is 0 Å². The van der Waals surface area contributed by atoms with Gasteiger partial charge in [-0.1, -0.05) is 46.2 Å². The fourth-order valence-electron chi connectivity index (χ4n) is 0.726. The van der Waals surface area contributed by atoms with E-state index in [1.54, 1.807) is 10.3 Å². The molecule has 0 saturated carbocycles. The molecule has 1 aromatic heterocycles. The summed E-state index contributed by atoms with van der Waals surface area (Å²) in [5.41, 5.74) is 1.32. The maximum Gasteiger partial charge on any atom is 0.105 e. The van der Waals surface area contributed by atoms with E-state index in [-0.39, 0.29) is 0 Å². The van der Waals surface area contributed by atoms with Gasteiger partial charge in [0.15, 0.2) is 0 Å². The third kappa shape index (κ3) is 2.83. The van der Waals surface area contributed by atoms with Crippen molar-refractivity contribution >= 4 is 44.7 Å². The smallest absolute Gasteiger partial charge is 0.105 e. The van der Waals surface area contributed by atoms with E-state index < -0.39 is 0 Å². The summed E-state index contributed by atoms with van der Waals surface area (Å²) in [7, 11) is 3.55. The first-order valence-electron chi connectivity index (χ1n) is 3.98. The predicted octanol–water partition coefficient (Wildman–Crippen LogP) is 4.74. The van der Waals surface area contributed by atoms with Crippen molar-refractivity contribution < 1.29 is 0 Å². The molecule has 0 unspecified atom stereocenters. The highest BCUT2D eigenvalue weighted by Crippen LogP contribution is 2.33. The lowest BCUT2D eigenvalue weighted by atomic mass is 10.4. The average molecular weight is 236 g/mol. The zero-order valence-corrected chi connectivity index (χ0v) is 10.5. The number of thioether (sulfide) groups is 1. The minimum atomic E-state index is 1.07. The summed E-state index contributed by atoms with van der Waals surface area (Å²) < 4.78 is 2.50.